The summed E-state index contributed by atoms with van der Waals surface area (Å²) in [5.74, 6) is 0. The Labute approximate surface area is 76.7 Å². The molecule has 1 aromatic rings. The number of nitrogens with zero attached hydrogens (tertiary/aromatic N) is 1. The van der Waals surface area contributed by atoms with Gasteiger partial charge in [-0.15, -0.1) is 36.2 Å². The first kappa shape index (κ1) is 12.8. The molecule has 0 unspecified atom stereocenters. The van der Waals surface area contributed by atoms with Crippen LogP contribution >= 0.6 is 36.2 Å². The molecule has 0 saturated heterocycles. The molecule has 10 heavy (non-hydrogen) atoms. The summed E-state index contributed by atoms with van der Waals surface area (Å²) in [6.07, 6.45) is 1.77. The van der Waals surface area contributed by atoms with Crippen molar-refractivity contribution < 1.29 is 0 Å². The van der Waals surface area contributed by atoms with Gasteiger partial charge in [-0.3, -0.25) is 0 Å². The first-order chi connectivity index (χ1) is 3.80. The van der Waals surface area contributed by atoms with Crippen LogP contribution < -0.4 is 5.73 Å². The van der Waals surface area contributed by atoms with Gasteiger partial charge in [0, 0.05) is 11.6 Å². The second-order valence-corrected chi connectivity index (χ2v) is 2.59. The van der Waals surface area contributed by atoms with E-state index in [1.165, 1.54) is 0 Å². The molecular formula is C5H10Cl2N2S. The smallest absolute Gasteiger partial charge is 0.109 e. The van der Waals surface area contributed by atoms with E-state index >= 15 is 0 Å². The van der Waals surface area contributed by atoms with Crippen LogP contribution in [-0.4, -0.2) is 4.98 Å². The molecule has 0 bridgehead atoms. The Hall–Kier alpha value is 0.170. The molecule has 0 aliphatic rings. The fourth-order valence-corrected chi connectivity index (χ4v) is 1.06. The Morgan fingerprint density at radius 2 is 2.20 bits per heavy atom. The molecule has 2 N–H and O–H groups in total. The number of hydrogen-bond donors (Lipinski definition) is 1. The average Bonchev–Trinajstić information content (AvgIpc) is 2.12. The predicted molar refractivity (Wildman–Crippen MR) is 49.2 cm³/mol. The molecule has 0 aliphatic heterocycles. The Kier molecular flexibility index (Phi) is 7.58. The van der Waals surface area contributed by atoms with Gasteiger partial charge in [0.25, 0.3) is 0 Å². The van der Waals surface area contributed by atoms with Gasteiger partial charge in [0.1, 0.15) is 5.01 Å². The van der Waals surface area contributed by atoms with Gasteiger partial charge in [-0.2, -0.15) is 0 Å². The predicted octanol–water partition coefficient (Wildman–Crippen LogP) is 2.01. The summed E-state index contributed by atoms with van der Waals surface area (Å²) in [5.41, 5.74) is 5.51. The molecule has 1 rings (SSSR count). The van der Waals surface area contributed by atoms with Crippen LogP contribution in [0, 0.1) is 0 Å². The molecule has 0 aromatic carbocycles. The lowest BCUT2D eigenvalue weighted by Gasteiger charge is -1.94. The highest BCUT2D eigenvalue weighted by molar-refractivity contribution is 7.09. The molecule has 0 spiro atoms. The third-order valence-electron chi connectivity index (χ3n) is 0.841. The van der Waals surface area contributed by atoms with E-state index in [4.69, 9.17) is 5.73 Å². The van der Waals surface area contributed by atoms with Gasteiger partial charge >= 0.3 is 0 Å². The summed E-state index contributed by atoms with van der Waals surface area (Å²) in [4.78, 5) is 4.01. The molecule has 0 fully saturated rings. The van der Waals surface area contributed by atoms with Gasteiger partial charge in [0.2, 0.25) is 0 Å². The molecule has 0 radical (unpaired) electrons. The molecule has 0 saturated carbocycles. The van der Waals surface area contributed by atoms with E-state index in [-0.39, 0.29) is 30.9 Å². The van der Waals surface area contributed by atoms with Gasteiger partial charge in [0.05, 0.1) is 6.04 Å². The van der Waals surface area contributed by atoms with Gasteiger partial charge in [-0.25, -0.2) is 4.98 Å². The van der Waals surface area contributed by atoms with E-state index < -0.39 is 0 Å². The average molecular weight is 201 g/mol. The van der Waals surface area contributed by atoms with Crippen LogP contribution in [0.2, 0.25) is 0 Å². The number of hydrogen-bond acceptors (Lipinski definition) is 3. The summed E-state index contributed by atoms with van der Waals surface area (Å²) in [6.45, 7) is 1.93. The Morgan fingerprint density at radius 3 is 2.40 bits per heavy atom. The number of aromatic nitrogens is 1. The zero-order valence-corrected chi connectivity index (χ0v) is 7.93. The highest BCUT2D eigenvalue weighted by Crippen LogP contribution is 2.10. The van der Waals surface area contributed by atoms with Crippen LogP contribution in [0.3, 0.4) is 0 Å². The van der Waals surface area contributed by atoms with E-state index in [9.17, 15) is 0 Å². The minimum Gasteiger partial charge on any atom is -0.322 e. The minimum atomic E-state index is 0. The van der Waals surface area contributed by atoms with Gasteiger partial charge < -0.3 is 5.73 Å². The Bertz CT molecular complexity index is 153. The second kappa shape index (κ2) is 5.92. The molecular weight excluding hydrogens is 191 g/mol. The molecule has 60 valence electrons. The topological polar surface area (TPSA) is 38.9 Å². The van der Waals surface area contributed by atoms with Crippen molar-refractivity contribution in [1.82, 2.24) is 4.98 Å². The van der Waals surface area contributed by atoms with Crippen molar-refractivity contribution in [3.63, 3.8) is 0 Å². The van der Waals surface area contributed by atoms with Crippen molar-refractivity contribution in [2.24, 2.45) is 5.73 Å². The lowest BCUT2D eigenvalue weighted by atomic mass is 10.4. The normalized spacial score (nSPS) is 11.0. The maximum absolute atomic E-state index is 5.51. The summed E-state index contributed by atoms with van der Waals surface area (Å²) in [7, 11) is 0. The van der Waals surface area contributed by atoms with Crippen LogP contribution in [0.5, 0.6) is 0 Å². The van der Waals surface area contributed by atoms with E-state index in [0.717, 1.165) is 5.01 Å². The van der Waals surface area contributed by atoms with Crippen LogP contribution in [0.1, 0.15) is 18.0 Å². The van der Waals surface area contributed by atoms with E-state index in [0.29, 0.717) is 0 Å². The molecule has 2 nitrogen and oxygen atoms in total. The van der Waals surface area contributed by atoms with Crippen molar-refractivity contribution in [1.29, 1.82) is 0 Å². The number of rotatable bonds is 1. The van der Waals surface area contributed by atoms with Gasteiger partial charge in [-0.05, 0) is 6.92 Å². The summed E-state index contributed by atoms with van der Waals surface area (Å²) in [5, 5.41) is 2.93. The number of halogens is 2. The van der Waals surface area contributed by atoms with Gasteiger partial charge in [0.15, 0.2) is 0 Å². The van der Waals surface area contributed by atoms with Crippen molar-refractivity contribution in [2.45, 2.75) is 13.0 Å². The van der Waals surface area contributed by atoms with Crippen LogP contribution in [0.4, 0.5) is 0 Å². The van der Waals surface area contributed by atoms with Crippen molar-refractivity contribution in [2.75, 3.05) is 0 Å². The largest absolute Gasteiger partial charge is 0.322 e. The second-order valence-electron chi connectivity index (χ2n) is 1.66. The van der Waals surface area contributed by atoms with Crippen LogP contribution in [0.25, 0.3) is 0 Å². The van der Waals surface area contributed by atoms with E-state index in [2.05, 4.69) is 4.98 Å². The zero-order chi connectivity index (χ0) is 5.98. The lowest BCUT2D eigenvalue weighted by Crippen LogP contribution is -2.03. The van der Waals surface area contributed by atoms with Crippen LogP contribution in [0.15, 0.2) is 11.6 Å². The lowest BCUT2D eigenvalue weighted by molar-refractivity contribution is 0.807. The summed E-state index contributed by atoms with van der Waals surface area (Å²) < 4.78 is 0. The third kappa shape index (κ3) is 3.37. The monoisotopic (exact) mass is 200 g/mol. The third-order valence-corrected chi connectivity index (χ3v) is 1.82. The molecule has 1 heterocycles. The van der Waals surface area contributed by atoms with E-state index in [1.807, 2.05) is 12.3 Å². The first-order valence-corrected chi connectivity index (χ1v) is 3.33. The molecule has 1 aromatic heterocycles. The first-order valence-electron chi connectivity index (χ1n) is 2.45. The summed E-state index contributed by atoms with van der Waals surface area (Å²) >= 11 is 1.59. The molecule has 0 aliphatic carbocycles. The fourth-order valence-electron chi connectivity index (χ4n) is 0.459. The Balaban J connectivity index is 0. The van der Waals surface area contributed by atoms with Crippen molar-refractivity contribution in [3.05, 3.63) is 16.6 Å². The number of nitrogens with two attached hydrogens (primary N) is 1. The maximum Gasteiger partial charge on any atom is 0.109 e. The van der Waals surface area contributed by atoms with E-state index in [1.54, 1.807) is 17.5 Å². The van der Waals surface area contributed by atoms with Crippen molar-refractivity contribution in [3.8, 4) is 0 Å². The summed E-state index contributed by atoms with van der Waals surface area (Å²) in [6, 6.07) is 0.0926. The Morgan fingerprint density at radius 1 is 1.60 bits per heavy atom. The standard InChI is InChI=1S/C5H8N2S.2ClH/c1-4(6)5-7-2-3-8-5;;/h2-4H,6H2,1H3;2*1H/t4-;;/m1../s1. The van der Waals surface area contributed by atoms with Gasteiger partial charge in [-0.1, -0.05) is 0 Å². The minimum absolute atomic E-state index is 0. The molecule has 0 amide bonds. The highest BCUT2D eigenvalue weighted by atomic mass is 35.5. The van der Waals surface area contributed by atoms with Crippen LogP contribution in [-0.2, 0) is 0 Å². The SMILES string of the molecule is C[C@@H](N)c1nccs1.Cl.Cl. The quantitative estimate of drug-likeness (QED) is 0.754. The molecule has 5 heteroatoms. The number of thiazole rings is 1. The zero-order valence-electron chi connectivity index (χ0n) is 5.48. The maximum atomic E-state index is 5.51. The van der Waals surface area contributed by atoms with Crippen molar-refractivity contribution >= 4 is 36.2 Å². The fraction of sp³-hybridized carbons (Fsp3) is 0.400. The highest BCUT2D eigenvalue weighted by Gasteiger charge is 1.98. The molecule has 1 atom stereocenters.